The molecule has 2 rings (SSSR count). The molecular weight excluding hydrogens is 182 g/mol. The highest BCUT2D eigenvalue weighted by atomic mass is 16.5. The third-order valence-electron chi connectivity index (χ3n) is 2.56. The molecule has 0 saturated carbocycles. The zero-order chi connectivity index (χ0) is 10.1. The molecule has 0 amide bonds. The number of fused-ring (bicyclic) bond motifs is 1. The van der Waals surface area contributed by atoms with Crippen molar-refractivity contribution in [3.05, 3.63) is 17.5 Å². The van der Waals surface area contributed by atoms with Gasteiger partial charge in [-0.3, -0.25) is 0 Å². The third kappa shape index (κ3) is 1.18. The molecule has 0 N–H and O–H groups in total. The number of carbonyl (C=O) groups excluding carboxylic acids is 1. The monoisotopic (exact) mass is 195 g/mol. The molecule has 1 aliphatic heterocycles. The summed E-state index contributed by atoms with van der Waals surface area (Å²) in [7, 11) is 2.96. The summed E-state index contributed by atoms with van der Waals surface area (Å²) >= 11 is 0. The predicted octanol–water partition coefficient (Wildman–Crippen LogP) is 1.23. The van der Waals surface area contributed by atoms with Gasteiger partial charge in [-0.1, -0.05) is 0 Å². The first-order chi connectivity index (χ1) is 6.77. The molecule has 1 aromatic heterocycles. The van der Waals surface area contributed by atoms with Crippen LogP contribution in [0.2, 0.25) is 0 Å². The van der Waals surface area contributed by atoms with Gasteiger partial charge in [0.25, 0.3) is 0 Å². The first kappa shape index (κ1) is 9.12. The van der Waals surface area contributed by atoms with Crippen molar-refractivity contribution in [2.75, 3.05) is 14.2 Å². The maximum absolute atomic E-state index is 11.4. The van der Waals surface area contributed by atoms with E-state index in [1.165, 1.54) is 7.11 Å². The van der Waals surface area contributed by atoms with Crippen LogP contribution in [0.25, 0.3) is 0 Å². The van der Waals surface area contributed by atoms with Crippen molar-refractivity contribution < 1.29 is 14.3 Å². The van der Waals surface area contributed by atoms with E-state index in [1.54, 1.807) is 7.11 Å². The fourth-order valence-corrected chi connectivity index (χ4v) is 1.93. The largest absolute Gasteiger partial charge is 0.494 e. The maximum atomic E-state index is 11.4. The Morgan fingerprint density at radius 3 is 2.93 bits per heavy atom. The maximum Gasteiger partial charge on any atom is 0.343 e. The summed E-state index contributed by atoms with van der Waals surface area (Å²) < 4.78 is 12.0. The van der Waals surface area contributed by atoms with E-state index in [9.17, 15) is 4.79 Å². The molecule has 0 atom stereocenters. The van der Waals surface area contributed by atoms with Crippen LogP contribution in [0.1, 0.15) is 22.5 Å². The van der Waals surface area contributed by atoms with E-state index in [2.05, 4.69) is 9.30 Å². The standard InChI is InChI=1S/C10H13NO3/c1-13-9-7(10(12)14-2)6-11-5-3-4-8(9)11/h6H,3-5H2,1-2H3. The quantitative estimate of drug-likeness (QED) is 0.666. The molecule has 4 heteroatoms. The Kier molecular flexibility index (Phi) is 2.19. The van der Waals surface area contributed by atoms with E-state index < -0.39 is 0 Å². The number of hydrogen-bond acceptors (Lipinski definition) is 3. The van der Waals surface area contributed by atoms with Gasteiger partial charge in [0.15, 0.2) is 5.75 Å². The number of carbonyl (C=O) groups is 1. The van der Waals surface area contributed by atoms with Gasteiger partial charge in [0, 0.05) is 12.7 Å². The van der Waals surface area contributed by atoms with Crippen LogP contribution < -0.4 is 4.74 Å². The average Bonchev–Trinajstić information content (AvgIpc) is 2.74. The molecule has 2 heterocycles. The molecule has 4 nitrogen and oxygen atoms in total. The second-order valence-corrected chi connectivity index (χ2v) is 3.31. The molecular formula is C10H13NO3. The Hall–Kier alpha value is -1.45. The van der Waals surface area contributed by atoms with Crippen molar-refractivity contribution in [3.63, 3.8) is 0 Å². The van der Waals surface area contributed by atoms with Gasteiger partial charge in [-0.05, 0) is 12.8 Å². The van der Waals surface area contributed by atoms with Gasteiger partial charge in [-0.2, -0.15) is 0 Å². The van der Waals surface area contributed by atoms with Crippen molar-refractivity contribution >= 4 is 5.97 Å². The number of hydrogen-bond donors (Lipinski definition) is 0. The highest BCUT2D eigenvalue weighted by Crippen LogP contribution is 2.31. The van der Waals surface area contributed by atoms with Gasteiger partial charge < -0.3 is 14.0 Å². The molecule has 0 aliphatic carbocycles. The van der Waals surface area contributed by atoms with Crippen molar-refractivity contribution in [2.45, 2.75) is 19.4 Å². The van der Waals surface area contributed by atoms with E-state index in [0.29, 0.717) is 11.3 Å². The average molecular weight is 195 g/mol. The molecule has 1 aliphatic rings. The minimum atomic E-state index is -0.330. The summed E-state index contributed by atoms with van der Waals surface area (Å²) in [5.74, 6) is 0.345. The van der Waals surface area contributed by atoms with Gasteiger partial charge in [-0.25, -0.2) is 4.79 Å². The Morgan fingerprint density at radius 1 is 1.50 bits per heavy atom. The lowest BCUT2D eigenvalue weighted by Gasteiger charge is -2.02. The summed E-state index contributed by atoms with van der Waals surface area (Å²) in [4.78, 5) is 11.4. The van der Waals surface area contributed by atoms with E-state index in [4.69, 9.17) is 4.74 Å². The third-order valence-corrected chi connectivity index (χ3v) is 2.56. The lowest BCUT2D eigenvalue weighted by Crippen LogP contribution is -2.02. The van der Waals surface area contributed by atoms with E-state index >= 15 is 0 Å². The highest BCUT2D eigenvalue weighted by Gasteiger charge is 2.24. The number of ether oxygens (including phenoxy) is 2. The van der Waals surface area contributed by atoms with Crippen LogP contribution in [0, 0.1) is 0 Å². The number of methoxy groups -OCH3 is 2. The summed E-state index contributed by atoms with van der Waals surface area (Å²) in [6.07, 6.45) is 3.90. The molecule has 0 bridgehead atoms. The Bertz CT molecular complexity index is 368. The summed E-state index contributed by atoms with van der Waals surface area (Å²) in [6.45, 7) is 0.961. The van der Waals surface area contributed by atoms with Crippen LogP contribution >= 0.6 is 0 Å². The van der Waals surface area contributed by atoms with Gasteiger partial charge in [0.2, 0.25) is 0 Å². The van der Waals surface area contributed by atoms with E-state index in [-0.39, 0.29) is 5.97 Å². The highest BCUT2D eigenvalue weighted by molar-refractivity contribution is 5.93. The molecule has 76 valence electrons. The Morgan fingerprint density at radius 2 is 2.29 bits per heavy atom. The number of esters is 1. The molecule has 0 unspecified atom stereocenters. The zero-order valence-corrected chi connectivity index (χ0v) is 8.37. The molecule has 0 aromatic carbocycles. The van der Waals surface area contributed by atoms with Crippen LogP contribution in [0.3, 0.4) is 0 Å². The fraction of sp³-hybridized carbons (Fsp3) is 0.500. The minimum Gasteiger partial charge on any atom is -0.494 e. The lowest BCUT2D eigenvalue weighted by atomic mass is 10.2. The van der Waals surface area contributed by atoms with Crippen LogP contribution in [-0.2, 0) is 17.7 Å². The molecule has 0 saturated heterocycles. The van der Waals surface area contributed by atoms with Crippen molar-refractivity contribution in [1.29, 1.82) is 0 Å². The van der Waals surface area contributed by atoms with Crippen LogP contribution in [-0.4, -0.2) is 24.8 Å². The van der Waals surface area contributed by atoms with Gasteiger partial charge in [-0.15, -0.1) is 0 Å². The minimum absolute atomic E-state index is 0.330. The molecule has 14 heavy (non-hydrogen) atoms. The smallest absolute Gasteiger partial charge is 0.343 e. The molecule has 0 spiro atoms. The van der Waals surface area contributed by atoms with Crippen LogP contribution in [0.15, 0.2) is 6.20 Å². The topological polar surface area (TPSA) is 40.5 Å². The van der Waals surface area contributed by atoms with Crippen molar-refractivity contribution in [3.8, 4) is 5.75 Å². The number of aromatic nitrogens is 1. The van der Waals surface area contributed by atoms with Gasteiger partial charge >= 0.3 is 5.97 Å². The molecule has 1 aromatic rings. The number of nitrogens with zero attached hydrogens (tertiary/aromatic N) is 1. The molecule has 0 radical (unpaired) electrons. The van der Waals surface area contributed by atoms with Crippen LogP contribution in [0.5, 0.6) is 5.75 Å². The zero-order valence-electron chi connectivity index (χ0n) is 8.37. The summed E-state index contributed by atoms with van der Waals surface area (Å²) in [6, 6.07) is 0. The van der Waals surface area contributed by atoms with Gasteiger partial charge in [0.1, 0.15) is 5.56 Å². The SMILES string of the molecule is COC(=O)c1cn2c(c1OC)CCC2. The predicted molar refractivity (Wildman–Crippen MR) is 50.6 cm³/mol. The second kappa shape index (κ2) is 3.36. The van der Waals surface area contributed by atoms with E-state index in [1.807, 2.05) is 6.20 Å². The molecule has 0 fully saturated rings. The second-order valence-electron chi connectivity index (χ2n) is 3.31. The first-order valence-corrected chi connectivity index (χ1v) is 4.62. The first-order valence-electron chi connectivity index (χ1n) is 4.62. The normalized spacial score (nSPS) is 13.9. The summed E-state index contributed by atoms with van der Waals surface area (Å²) in [5, 5.41) is 0. The van der Waals surface area contributed by atoms with E-state index in [0.717, 1.165) is 25.1 Å². The Balaban J connectivity index is 2.46. The van der Waals surface area contributed by atoms with Gasteiger partial charge in [0.05, 0.1) is 19.9 Å². The van der Waals surface area contributed by atoms with Crippen molar-refractivity contribution in [1.82, 2.24) is 4.57 Å². The summed E-state index contributed by atoms with van der Waals surface area (Å²) in [5.41, 5.74) is 1.64. The fourth-order valence-electron chi connectivity index (χ4n) is 1.93. The number of rotatable bonds is 2. The lowest BCUT2D eigenvalue weighted by molar-refractivity contribution is 0.0597. The number of aryl methyl sites for hydroxylation is 1. The van der Waals surface area contributed by atoms with Crippen molar-refractivity contribution in [2.24, 2.45) is 0 Å². The van der Waals surface area contributed by atoms with Crippen LogP contribution in [0.4, 0.5) is 0 Å². The Labute approximate surface area is 82.4 Å².